The Morgan fingerprint density at radius 2 is 2.27 bits per heavy atom. The Morgan fingerprint density at radius 1 is 1.47 bits per heavy atom. The Labute approximate surface area is 99.3 Å². The fourth-order valence-corrected chi connectivity index (χ4v) is 3.09. The lowest BCUT2D eigenvalue weighted by molar-refractivity contribution is 0.253. The molecular formula is C10H17N3S2. The SMILES string of the molecule is CC1CCCC(Nc2n[nH]c(=S)s2)C1C. The number of nitrogens with one attached hydrogen (secondary N) is 2. The quantitative estimate of drug-likeness (QED) is 0.782. The van der Waals surface area contributed by atoms with Crippen LogP contribution < -0.4 is 5.32 Å². The molecule has 3 atom stereocenters. The lowest BCUT2D eigenvalue weighted by atomic mass is 9.78. The molecule has 0 aliphatic heterocycles. The second-order valence-electron chi connectivity index (χ2n) is 4.44. The predicted molar refractivity (Wildman–Crippen MR) is 66.9 cm³/mol. The molecular weight excluding hydrogens is 226 g/mol. The first kappa shape index (κ1) is 11.1. The molecule has 1 aromatic heterocycles. The smallest absolute Gasteiger partial charge is 0.204 e. The summed E-state index contributed by atoms with van der Waals surface area (Å²) in [5.74, 6) is 1.53. The summed E-state index contributed by atoms with van der Waals surface area (Å²) in [6.45, 7) is 4.67. The molecule has 1 saturated carbocycles. The minimum atomic E-state index is 0.558. The van der Waals surface area contributed by atoms with Gasteiger partial charge < -0.3 is 5.32 Å². The van der Waals surface area contributed by atoms with E-state index in [1.54, 1.807) is 0 Å². The molecule has 0 aromatic carbocycles. The second-order valence-corrected chi connectivity index (χ2v) is 6.10. The van der Waals surface area contributed by atoms with Crippen LogP contribution in [-0.2, 0) is 0 Å². The summed E-state index contributed by atoms with van der Waals surface area (Å²) in [6.07, 6.45) is 3.92. The summed E-state index contributed by atoms with van der Waals surface area (Å²) in [5.41, 5.74) is 0. The van der Waals surface area contributed by atoms with Gasteiger partial charge in [-0.05, 0) is 30.5 Å². The zero-order valence-corrected chi connectivity index (χ0v) is 10.8. The Morgan fingerprint density at radius 3 is 2.93 bits per heavy atom. The minimum Gasteiger partial charge on any atom is -0.357 e. The van der Waals surface area contributed by atoms with E-state index in [0.717, 1.165) is 20.9 Å². The van der Waals surface area contributed by atoms with E-state index in [-0.39, 0.29) is 0 Å². The van der Waals surface area contributed by atoms with Gasteiger partial charge in [-0.3, -0.25) is 5.10 Å². The molecule has 3 nitrogen and oxygen atoms in total. The Hall–Kier alpha value is -0.420. The molecule has 2 rings (SSSR count). The van der Waals surface area contributed by atoms with Gasteiger partial charge in [-0.15, -0.1) is 5.10 Å². The fraction of sp³-hybridized carbons (Fsp3) is 0.800. The zero-order valence-electron chi connectivity index (χ0n) is 9.12. The van der Waals surface area contributed by atoms with Gasteiger partial charge in [-0.25, -0.2) is 0 Å². The van der Waals surface area contributed by atoms with Crippen LogP contribution in [0.25, 0.3) is 0 Å². The third-order valence-corrected chi connectivity index (χ3v) is 4.47. The first-order valence-corrected chi connectivity index (χ1v) is 6.71. The molecule has 1 aliphatic carbocycles. The van der Waals surface area contributed by atoms with Gasteiger partial charge in [-0.2, -0.15) is 0 Å². The number of hydrogen-bond donors (Lipinski definition) is 2. The molecule has 0 radical (unpaired) electrons. The minimum absolute atomic E-state index is 0.558. The summed E-state index contributed by atoms with van der Waals surface area (Å²) in [6, 6.07) is 0.558. The molecule has 1 aliphatic rings. The van der Waals surface area contributed by atoms with Gasteiger partial charge >= 0.3 is 0 Å². The second kappa shape index (κ2) is 4.61. The van der Waals surface area contributed by atoms with Crippen molar-refractivity contribution in [2.24, 2.45) is 11.8 Å². The van der Waals surface area contributed by atoms with Crippen molar-refractivity contribution in [1.82, 2.24) is 10.2 Å². The van der Waals surface area contributed by atoms with Crippen LogP contribution in [0.5, 0.6) is 0 Å². The first-order chi connectivity index (χ1) is 7.16. The Bertz CT molecular complexity index is 371. The van der Waals surface area contributed by atoms with Crippen LogP contribution in [0.1, 0.15) is 33.1 Å². The monoisotopic (exact) mass is 243 g/mol. The van der Waals surface area contributed by atoms with Gasteiger partial charge in [-0.1, -0.05) is 38.0 Å². The molecule has 5 heteroatoms. The third-order valence-electron chi connectivity index (χ3n) is 3.45. The summed E-state index contributed by atoms with van der Waals surface area (Å²) in [7, 11) is 0. The first-order valence-electron chi connectivity index (χ1n) is 5.49. The molecule has 0 amide bonds. The lowest BCUT2D eigenvalue weighted by Gasteiger charge is -2.34. The van der Waals surface area contributed by atoms with E-state index in [2.05, 4.69) is 29.4 Å². The van der Waals surface area contributed by atoms with Crippen LogP contribution in [0.4, 0.5) is 5.13 Å². The highest BCUT2D eigenvalue weighted by atomic mass is 32.1. The van der Waals surface area contributed by atoms with Gasteiger partial charge in [0, 0.05) is 6.04 Å². The summed E-state index contributed by atoms with van der Waals surface area (Å²) >= 11 is 6.54. The summed E-state index contributed by atoms with van der Waals surface area (Å²) in [4.78, 5) is 0. The maximum Gasteiger partial charge on any atom is 0.204 e. The normalized spacial score (nSPS) is 31.5. The number of hydrogen-bond acceptors (Lipinski definition) is 4. The fourth-order valence-electron chi connectivity index (χ4n) is 2.24. The van der Waals surface area contributed by atoms with Gasteiger partial charge in [0.2, 0.25) is 5.13 Å². The van der Waals surface area contributed by atoms with Crippen LogP contribution in [0.3, 0.4) is 0 Å². The van der Waals surface area contributed by atoms with Crippen molar-refractivity contribution < 1.29 is 0 Å². The average molecular weight is 243 g/mol. The molecule has 15 heavy (non-hydrogen) atoms. The van der Waals surface area contributed by atoms with E-state index in [9.17, 15) is 0 Å². The van der Waals surface area contributed by atoms with Crippen molar-refractivity contribution in [3.8, 4) is 0 Å². The third kappa shape index (κ3) is 2.58. The largest absolute Gasteiger partial charge is 0.357 e. The number of aromatic nitrogens is 2. The van der Waals surface area contributed by atoms with Crippen LogP contribution in [0, 0.1) is 15.8 Å². The van der Waals surface area contributed by atoms with Crippen LogP contribution >= 0.6 is 23.6 Å². The van der Waals surface area contributed by atoms with Gasteiger partial charge in [0.05, 0.1) is 0 Å². The topological polar surface area (TPSA) is 40.7 Å². The zero-order chi connectivity index (χ0) is 10.8. The maximum atomic E-state index is 5.01. The highest BCUT2D eigenvalue weighted by Crippen LogP contribution is 2.31. The Balaban J connectivity index is 2.02. The van der Waals surface area contributed by atoms with E-state index >= 15 is 0 Å². The highest BCUT2D eigenvalue weighted by molar-refractivity contribution is 7.73. The molecule has 0 saturated heterocycles. The van der Waals surface area contributed by atoms with E-state index in [1.165, 1.54) is 30.6 Å². The standard InChI is InChI=1S/C10H17N3S2/c1-6-4-3-5-8(7(6)2)11-9-12-13-10(14)15-9/h6-8H,3-5H2,1-2H3,(H,11,12)(H,13,14). The van der Waals surface area contributed by atoms with Crippen LogP contribution in [0.2, 0.25) is 0 Å². The van der Waals surface area contributed by atoms with Gasteiger partial charge in [0.1, 0.15) is 0 Å². The lowest BCUT2D eigenvalue weighted by Crippen LogP contribution is -2.34. The molecule has 0 bridgehead atoms. The van der Waals surface area contributed by atoms with E-state index in [0.29, 0.717) is 6.04 Å². The predicted octanol–water partition coefficient (Wildman–Crippen LogP) is 3.44. The van der Waals surface area contributed by atoms with Crippen molar-refractivity contribution in [3.63, 3.8) is 0 Å². The molecule has 1 aromatic rings. The molecule has 1 fully saturated rings. The summed E-state index contributed by atoms with van der Waals surface area (Å²) < 4.78 is 0.744. The van der Waals surface area contributed by atoms with Crippen molar-refractivity contribution >= 4 is 28.7 Å². The van der Waals surface area contributed by atoms with Gasteiger partial charge in [0.25, 0.3) is 0 Å². The summed E-state index contributed by atoms with van der Waals surface area (Å²) in [5, 5.41) is 11.4. The average Bonchev–Trinajstić information content (AvgIpc) is 2.59. The number of aromatic amines is 1. The van der Waals surface area contributed by atoms with E-state index in [1.807, 2.05) is 0 Å². The number of H-pyrrole nitrogens is 1. The number of nitrogens with zero attached hydrogens (tertiary/aromatic N) is 1. The van der Waals surface area contributed by atoms with Crippen LogP contribution in [0.15, 0.2) is 0 Å². The van der Waals surface area contributed by atoms with E-state index < -0.39 is 0 Å². The van der Waals surface area contributed by atoms with E-state index in [4.69, 9.17) is 12.2 Å². The van der Waals surface area contributed by atoms with Crippen molar-refractivity contribution in [2.45, 2.75) is 39.2 Å². The molecule has 84 valence electrons. The van der Waals surface area contributed by atoms with Gasteiger partial charge in [0.15, 0.2) is 3.95 Å². The van der Waals surface area contributed by atoms with Crippen molar-refractivity contribution in [1.29, 1.82) is 0 Å². The molecule has 3 unspecified atom stereocenters. The molecule has 2 N–H and O–H groups in total. The van der Waals surface area contributed by atoms with Crippen molar-refractivity contribution in [3.05, 3.63) is 3.95 Å². The Kier molecular flexibility index (Phi) is 3.41. The molecule has 0 spiro atoms. The number of anilines is 1. The number of rotatable bonds is 2. The molecule has 1 heterocycles. The maximum absolute atomic E-state index is 5.01. The van der Waals surface area contributed by atoms with Crippen LogP contribution in [-0.4, -0.2) is 16.2 Å². The highest BCUT2D eigenvalue weighted by Gasteiger charge is 2.27. The van der Waals surface area contributed by atoms with Crippen molar-refractivity contribution in [2.75, 3.05) is 5.32 Å².